The molecule has 4 aromatic heterocycles. The van der Waals surface area contributed by atoms with Crippen LogP contribution in [0, 0.1) is 0 Å². The zero-order valence-electron chi connectivity index (χ0n) is 18.6. The molecule has 11 heteroatoms. The van der Waals surface area contributed by atoms with Gasteiger partial charge in [0.1, 0.15) is 16.3 Å². The second-order valence-electron chi connectivity index (χ2n) is 7.60. The summed E-state index contributed by atoms with van der Waals surface area (Å²) in [4.78, 5) is 38.2. The van der Waals surface area contributed by atoms with Crippen LogP contribution >= 0.6 is 11.3 Å². The maximum atomic E-state index is 13.1. The van der Waals surface area contributed by atoms with Gasteiger partial charge in [-0.2, -0.15) is 0 Å². The average molecular weight is 478 g/mol. The van der Waals surface area contributed by atoms with Crippen molar-refractivity contribution in [3.63, 3.8) is 0 Å². The number of nitrogens with zero attached hydrogens (tertiary/aromatic N) is 6. The molecule has 0 bridgehead atoms. The van der Waals surface area contributed by atoms with Crippen molar-refractivity contribution >= 4 is 33.3 Å². The summed E-state index contributed by atoms with van der Waals surface area (Å²) < 4.78 is 10.5. The molecular weight excluding hydrogens is 454 g/mol. The first kappa shape index (κ1) is 22.1. The Balaban J connectivity index is 1.42. The summed E-state index contributed by atoms with van der Waals surface area (Å²) in [5.74, 6) is 1.12. The number of hydrogen-bond donors (Lipinski definition) is 1. The predicted octanol–water partition coefficient (Wildman–Crippen LogP) is 2.36. The molecule has 0 aliphatic carbocycles. The number of nitrogens with one attached hydrogen (secondary N) is 1. The fourth-order valence-corrected chi connectivity index (χ4v) is 4.61. The number of hydrogen-bond acceptors (Lipinski definition) is 10. The molecular formula is C23H23N7O3S. The van der Waals surface area contributed by atoms with Crippen molar-refractivity contribution < 1.29 is 14.3 Å². The first-order valence-electron chi connectivity index (χ1n) is 10.9. The summed E-state index contributed by atoms with van der Waals surface area (Å²) in [5.41, 5.74) is 2.17. The highest BCUT2D eigenvalue weighted by molar-refractivity contribution is 7.17. The molecule has 0 spiro atoms. The molecule has 10 nitrogen and oxygen atoms in total. The molecule has 34 heavy (non-hydrogen) atoms. The maximum absolute atomic E-state index is 13.1. The van der Waals surface area contributed by atoms with Crippen LogP contribution in [0.3, 0.4) is 0 Å². The van der Waals surface area contributed by atoms with Gasteiger partial charge in [-0.15, -0.1) is 11.3 Å². The van der Waals surface area contributed by atoms with Crippen LogP contribution in [0.5, 0.6) is 6.01 Å². The van der Waals surface area contributed by atoms with E-state index in [4.69, 9.17) is 19.4 Å². The van der Waals surface area contributed by atoms with Gasteiger partial charge in [0.2, 0.25) is 0 Å². The summed E-state index contributed by atoms with van der Waals surface area (Å²) >= 11 is 1.43. The second kappa shape index (κ2) is 10.1. The lowest BCUT2D eigenvalue weighted by molar-refractivity contribution is 0.0956. The van der Waals surface area contributed by atoms with E-state index in [1.165, 1.54) is 18.4 Å². The van der Waals surface area contributed by atoms with Gasteiger partial charge in [-0.25, -0.2) is 19.9 Å². The minimum absolute atomic E-state index is 0.163. The van der Waals surface area contributed by atoms with Crippen LogP contribution in [0.15, 0.2) is 42.2 Å². The van der Waals surface area contributed by atoms with Gasteiger partial charge >= 0.3 is 6.01 Å². The van der Waals surface area contributed by atoms with Gasteiger partial charge < -0.3 is 19.7 Å². The van der Waals surface area contributed by atoms with Crippen molar-refractivity contribution in [1.29, 1.82) is 0 Å². The summed E-state index contributed by atoms with van der Waals surface area (Å²) in [6.07, 6.45) is 5.72. The van der Waals surface area contributed by atoms with Crippen LogP contribution in [0.4, 0.5) is 5.82 Å². The third-order valence-electron chi connectivity index (χ3n) is 5.43. The standard InChI is InChI=1S/C23H23N7O3S/c1-32-23-26-12-15(13-27-23)5-7-25-21(31)16-14-34-22-18(16)20(30-8-10-33-11-9-30)28-19(29-22)17-4-2-3-6-24-17/h2-4,6,12-14H,5,7-11H2,1H3,(H,25,31). The monoisotopic (exact) mass is 477 g/mol. The number of aromatic nitrogens is 5. The first-order chi connectivity index (χ1) is 16.7. The molecule has 1 N–H and O–H groups in total. The van der Waals surface area contributed by atoms with E-state index in [1.807, 2.05) is 23.6 Å². The number of ether oxygens (including phenoxy) is 2. The summed E-state index contributed by atoms with van der Waals surface area (Å²) in [6.45, 7) is 3.07. The van der Waals surface area contributed by atoms with Gasteiger partial charge in [-0.1, -0.05) is 6.07 Å². The Morgan fingerprint density at radius 1 is 1.18 bits per heavy atom. The number of amides is 1. The van der Waals surface area contributed by atoms with E-state index < -0.39 is 0 Å². The van der Waals surface area contributed by atoms with E-state index >= 15 is 0 Å². The molecule has 0 aromatic carbocycles. The molecule has 5 heterocycles. The smallest absolute Gasteiger partial charge is 0.316 e. The molecule has 4 aromatic rings. The van der Waals surface area contributed by atoms with Gasteiger partial charge in [-0.3, -0.25) is 9.78 Å². The molecule has 1 saturated heterocycles. The van der Waals surface area contributed by atoms with E-state index in [0.717, 1.165) is 21.6 Å². The zero-order valence-corrected chi connectivity index (χ0v) is 19.4. The predicted molar refractivity (Wildman–Crippen MR) is 128 cm³/mol. The molecule has 0 saturated carbocycles. The third kappa shape index (κ3) is 4.66. The Morgan fingerprint density at radius 2 is 2.00 bits per heavy atom. The number of anilines is 1. The van der Waals surface area contributed by atoms with Crippen LogP contribution in [-0.2, 0) is 11.2 Å². The van der Waals surface area contributed by atoms with Crippen molar-refractivity contribution in [3.05, 3.63) is 53.3 Å². The fraction of sp³-hybridized carbons (Fsp3) is 0.304. The zero-order chi connectivity index (χ0) is 23.3. The Bertz CT molecular complexity index is 1280. The third-order valence-corrected chi connectivity index (χ3v) is 6.30. The lowest BCUT2D eigenvalue weighted by atomic mass is 10.2. The van der Waals surface area contributed by atoms with Gasteiger partial charge in [-0.05, 0) is 24.1 Å². The minimum Gasteiger partial charge on any atom is -0.467 e. The van der Waals surface area contributed by atoms with Crippen molar-refractivity contribution in [3.8, 4) is 17.5 Å². The van der Waals surface area contributed by atoms with Crippen molar-refractivity contribution in [2.75, 3.05) is 44.9 Å². The molecule has 0 atom stereocenters. The number of methoxy groups -OCH3 is 1. The molecule has 1 aliphatic heterocycles. The van der Waals surface area contributed by atoms with Crippen LogP contribution in [-0.4, -0.2) is 70.8 Å². The SMILES string of the molecule is COc1ncc(CCNC(=O)c2csc3nc(-c4ccccn4)nc(N4CCOCC4)c23)cn1. The van der Waals surface area contributed by atoms with Gasteiger partial charge in [0.25, 0.3) is 5.91 Å². The topological polar surface area (TPSA) is 115 Å². The number of morpholine rings is 1. The Labute approximate surface area is 200 Å². The highest BCUT2D eigenvalue weighted by atomic mass is 32.1. The number of rotatable bonds is 7. The largest absolute Gasteiger partial charge is 0.467 e. The highest BCUT2D eigenvalue weighted by Crippen LogP contribution is 2.34. The number of fused-ring (bicyclic) bond motifs is 1. The minimum atomic E-state index is -0.163. The number of carbonyl (C=O) groups excluding carboxylic acids is 1. The van der Waals surface area contributed by atoms with Crippen LogP contribution < -0.4 is 15.0 Å². The molecule has 1 fully saturated rings. The molecule has 1 amide bonds. The number of pyridine rings is 1. The molecule has 1 aliphatic rings. The molecule has 0 radical (unpaired) electrons. The van der Waals surface area contributed by atoms with E-state index in [9.17, 15) is 4.79 Å². The molecule has 0 unspecified atom stereocenters. The van der Waals surface area contributed by atoms with Crippen molar-refractivity contribution in [2.45, 2.75) is 6.42 Å². The summed E-state index contributed by atoms with van der Waals surface area (Å²) in [6, 6.07) is 5.97. The lowest BCUT2D eigenvalue weighted by Gasteiger charge is -2.28. The maximum Gasteiger partial charge on any atom is 0.316 e. The fourth-order valence-electron chi connectivity index (χ4n) is 3.70. The van der Waals surface area contributed by atoms with Crippen LogP contribution in [0.2, 0.25) is 0 Å². The van der Waals surface area contributed by atoms with E-state index in [1.54, 1.807) is 18.6 Å². The van der Waals surface area contributed by atoms with E-state index in [2.05, 4.69) is 25.2 Å². The Hall–Kier alpha value is -3.70. The van der Waals surface area contributed by atoms with Crippen LogP contribution in [0.25, 0.3) is 21.7 Å². The van der Waals surface area contributed by atoms with Crippen molar-refractivity contribution in [1.82, 2.24) is 30.2 Å². The first-order valence-corrected chi connectivity index (χ1v) is 11.8. The molecule has 174 valence electrons. The van der Waals surface area contributed by atoms with Crippen molar-refractivity contribution in [2.24, 2.45) is 0 Å². The average Bonchev–Trinajstić information content (AvgIpc) is 3.34. The second-order valence-corrected chi connectivity index (χ2v) is 8.46. The van der Waals surface area contributed by atoms with Gasteiger partial charge in [0.05, 0.1) is 31.3 Å². The quantitative estimate of drug-likeness (QED) is 0.428. The van der Waals surface area contributed by atoms with Gasteiger partial charge in [0.15, 0.2) is 5.82 Å². The summed E-state index contributed by atoms with van der Waals surface area (Å²) in [5, 5.41) is 5.61. The lowest BCUT2D eigenvalue weighted by Crippen LogP contribution is -2.37. The summed E-state index contributed by atoms with van der Waals surface area (Å²) in [7, 11) is 1.52. The normalized spacial score (nSPS) is 13.7. The highest BCUT2D eigenvalue weighted by Gasteiger charge is 2.24. The Kier molecular flexibility index (Phi) is 6.54. The van der Waals surface area contributed by atoms with E-state index in [-0.39, 0.29) is 5.91 Å². The molecule has 5 rings (SSSR count). The van der Waals surface area contributed by atoms with Gasteiger partial charge in [0, 0.05) is 43.6 Å². The van der Waals surface area contributed by atoms with Crippen LogP contribution in [0.1, 0.15) is 15.9 Å². The Morgan fingerprint density at radius 3 is 2.74 bits per heavy atom. The van der Waals surface area contributed by atoms with E-state index in [0.29, 0.717) is 62.4 Å². The number of carbonyl (C=O) groups is 1. The number of thiophene rings is 1.